The molecule has 0 saturated heterocycles. The van der Waals surface area contributed by atoms with Crippen molar-refractivity contribution in [3.8, 4) is 5.75 Å². The summed E-state index contributed by atoms with van der Waals surface area (Å²) in [5, 5.41) is 0.319. The van der Waals surface area contributed by atoms with Crippen LogP contribution in [0.25, 0.3) is 0 Å². The number of aryl methyl sites for hydroxylation is 1. The molecule has 13 heavy (non-hydrogen) atoms. The second-order valence-corrected chi connectivity index (χ2v) is 4.83. The van der Waals surface area contributed by atoms with E-state index in [1.54, 1.807) is 0 Å². The SMILES string of the molecule is Cc1cc(Br)cc2c1OCCC2S. The average molecular weight is 259 g/mol. The Morgan fingerprint density at radius 2 is 2.31 bits per heavy atom. The zero-order valence-electron chi connectivity index (χ0n) is 7.38. The zero-order chi connectivity index (χ0) is 9.42. The highest BCUT2D eigenvalue weighted by Gasteiger charge is 2.20. The fraction of sp³-hybridized carbons (Fsp3) is 0.400. The summed E-state index contributed by atoms with van der Waals surface area (Å²) in [6, 6.07) is 4.17. The standard InChI is InChI=1S/C10H11BrOS/c1-6-4-7(11)5-8-9(13)2-3-12-10(6)8/h4-5,9,13H,2-3H2,1H3. The Labute approximate surface area is 92.0 Å². The molecule has 2 rings (SSSR count). The van der Waals surface area contributed by atoms with E-state index in [-0.39, 0.29) is 0 Å². The van der Waals surface area contributed by atoms with Gasteiger partial charge in [-0.2, -0.15) is 12.6 Å². The number of hydrogen-bond acceptors (Lipinski definition) is 2. The molecule has 0 N–H and O–H groups in total. The molecule has 1 nitrogen and oxygen atoms in total. The molecule has 1 aliphatic rings. The Hall–Kier alpha value is -0.150. The summed E-state index contributed by atoms with van der Waals surface area (Å²) in [4.78, 5) is 0. The van der Waals surface area contributed by atoms with E-state index in [2.05, 4.69) is 47.6 Å². The van der Waals surface area contributed by atoms with Gasteiger partial charge in [0.05, 0.1) is 6.61 Å². The molecule has 3 heteroatoms. The fourth-order valence-corrected chi connectivity index (χ4v) is 2.52. The van der Waals surface area contributed by atoms with Crippen molar-refractivity contribution in [3.63, 3.8) is 0 Å². The molecule has 0 radical (unpaired) electrons. The minimum Gasteiger partial charge on any atom is -0.493 e. The lowest BCUT2D eigenvalue weighted by Crippen LogP contribution is -2.11. The van der Waals surface area contributed by atoms with Gasteiger partial charge >= 0.3 is 0 Å². The number of thiol groups is 1. The van der Waals surface area contributed by atoms with E-state index < -0.39 is 0 Å². The minimum atomic E-state index is 0.319. The van der Waals surface area contributed by atoms with Crippen molar-refractivity contribution < 1.29 is 4.74 Å². The molecule has 0 saturated carbocycles. The van der Waals surface area contributed by atoms with Crippen LogP contribution >= 0.6 is 28.6 Å². The van der Waals surface area contributed by atoms with Crippen LogP contribution in [0.2, 0.25) is 0 Å². The summed E-state index contributed by atoms with van der Waals surface area (Å²) in [6.45, 7) is 2.85. The quantitative estimate of drug-likeness (QED) is 0.701. The van der Waals surface area contributed by atoms with Crippen LogP contribution in [-0.2, 0) is 0 Å². The summed E-state index contributed by atoms with van der Waals surface area (Å²) in [5.41, 5.74) is 2.39. The van der Waals surface area contributed by atoms with Crippen molar-refractivity contribution in [2.24, 2.45) is 0 Å². The number of hydrogen-bond donors (Lipinski definition) is 1. The topological polar surface area (TPSA) is 9.23 Å². The van der Waals surface area contributed by atoms with Crippen molar-refractivity contribution in [1.29, 1.82) is 0 Å². The van der Waals surface area contributed by atoms with E-state index in [9.17, 15) is 0 Å². The third kappa shape index (κ3) is 1.72. The number of benzene rings is 1. The Morgan fingerprint density at radius 1 is 1.54 bits per heavy atom. The van der Waals surface area contributed by atoms with E-state index in [1.807, 2.05) is 0 Å². The minimum absolute atomic E-state index is 0.319. The van der Waals surface area contributed by atoms with E-state index in [0.717, 1.165) is 23.2 Å². The van der Waals surface area contributed by atoms with Crippen molar-refractivity contribution in [1.82, 2.24) is 0 Å². The highest BCUT2D eigenvalue weighted by Crippen LogP contribution is 2.39. The third-order valence-corrected chi connectivity index (χ3v) is 3.26. The zero-order valence-corrected chi connectivity index (χ0v) is 9.86. The first kappa shape index (κ1) is 9.41. The smallest absolute Gasteiger partial charge is 0.126 e. The molecule has 1 atom stereocenters. The summed E-state index contributed by atoms with van der Waals surface area (Å²) in [5.74, 6) is 1.02. The monoisotopic (exact) mass is 258 g/mol. The molecule has 70 valence electrons. The second-order valence-electron chi connectivity index (χ2n) is 3.29. The first-order valence-electron chi connectivity index (χ1n) is 4.29. The Kier molecular flexibility index (Phi) is 2.56. The van der Waals surface area contributed by atoms with Gasteiger partial charge in [-0.05, 0) is 31.0 Å². The maximum absolute atomic E-state index is 5.61. The van der Waals surface area contributed by atoms with Gasteiger partial charge in [-0.1, -0.05) is 15.9 Å². The van der Waals surface area contributed by atoms with Gasteiger partial charge in [0.25, 0.3) is 0 Å². The molecule has 1 aromatic rings. The predicted octanol–water partition coefficient (Wildman–Crippen LogP) is 3.51. The largest absolute Gasteiger partial charge is 0.493 e. The van der Waals surface area contributed by atoms with Crippen molar-refractivity contribution >= 4 is 28.6 Å². The normalized spacial score (nSPS) is 20.7. The van der Waals surface area contributed by atoms with Gasteiger partial charge in [0.1, 0.15) is 5.75 Å². The van der Waals surface area contributed by atoms with Gasteiger partial charge in [0.2, 0.25) is 0 Å². The Bertz CT molecular complexity index is 338. The van der Waals surface area contributed by atoms with Crippen LogP contribution in [0.4, 0.5) is 0 Å². The lowest BCUT2D eigenvalue weighted by Gasteiger charge is -2.24. The van der Waals surface area contributed by atoms with E-state index in [1.165, 1.54) is 11.1 Å². The molecule has 0 bridgehead atoms. The summed E-state index contributed by atoms with van der Waals surface area (Å²) in [7, 11) is 0. The second kappa shape index (κ2) is 3.54. The predicted molar refractivity (Wildman–Crippen MR) is 60.7 cm³/mol. The first-order valence-corrected chi connectivity index (χ1v) is 5.60. The fourth-order valence-electron chi connectivity index (χ4n) is 1.63. The van der Waals surface area contributed by atoms with E-state index in [4.69, 9.17) is 4.74 Å². The highest BCUT2D eigenvalue weighted by atomic mass is 79.9. The highest BCUT2D eigenvalue weighted by molar-refractivity contribution is 9.10. The van der Waals surface area contributed by atoms with Gasteiger partial charge in [-0.3, -0.25) is 0 Å². The van der Waals surface area contributed by atoms with Crippen LogP contribution in [0.15, 0.2) is 16.6 Å². The van der Waals surface area contributed by atoms with Crippen LogP contribution in [0.1, 0.15) is 22.8 Å². The van der Waals surface area contributed by atoms with E-state index >= 15 is 0 Å². The van der Waals surface area contributed by atoms with Crippen LogP contribution < -0.4 is 4.74 Å². The van der Waals surface area contributed by atoms with Crippen LogP contribution in [0.3, 0.4) is 0 Å². The number of ether oxygens (including phenoxy) is 1. The number of fused-ring (bicyclic) bond motifs is 1. The molecular formula is C10H11BrOS. The summed E-state index contributed by atoms with van der Waals surface area (Å²) < 4.78 is 6.71. The maximum Gasteiger partial charge on any atom is 0.126 e. The van der Waals surface area contributed by atoms with Crippen molar-refractivity contribution in [2.45, 2.75) is 18.6 Å². The van der Waals surface area contributed by atoms with Gasteiger partial charge < -0.3 is 4.74 Å². The molecule has 0 aromatic heterocycles. The lowest BCUT2D eigenvalue weighted by atomic mass is 10.0. The van der Waals surface area contributed by atoms with Gasteiger partial charge in [0.15, 0.2) is 0 Å². The summed E-state index contributed by atoms with van der Waals surface area (Å²) in [6.07, 6.45) is 0.992. The third-order valence-electron chi connectivity index (χ3n) is 2.26. The lowest BCUT2D eigenvalue weighted by molar-refractivity contribution is 0.284. The molecular weight excluding hydrogens is 248 g/mol. The number of halogens is 1. The molecule has 1 unspecified atom stereocenters. The van der Waals surface area contributed by atoms with E-state index in [0.29, 0.717) is 5.25 Å². The molecule has 0 fully saturated rings. The van der Waals surface area contributed by atoms with Crippen molar-refractivity contribution in [3.05, 3.63) is 27.7 Å². The Morgan fingerprint density at radius 3 is 3.08 bits per heavy atom. The van der Waals surface area contributed by atoms with Gasteiger partial charge in [-0.15, -0.1) is 0 Å². The molecule has 0 aliphatic carbocycles. The maximum atomic E-state index is 5.61. The molecule has 1 aliphatic heterocycles. The summed E-state index contributed by atoms with van der Waals surface area (Å²) >= 11 is 8.01. The van der Waals surface area contributed by atoms with Crippen LogP contribution in [0, 0.1) is 6.92 Å². The number of rotatable bonds is 0. The molecule has 0 amide bonds. The molecule has 0 spiro atoms. The van der Waals surface area contributed by atoms with Crippen LogP contribution in [0.5, 0.6) is 5.75 Å². The van der Waals surface area contributed by atoms with Crippen LogP contribution in [-0.4, -0.2) is 6.61 Å². The first-order chi connectivity index (χ1) is 6.18. The molecule has 1 heterocycles. The molecule has 1 aromatic carbocycles. The van der Waals surface area contributed by atoms with Crippen molar-refractivity contribution in [2.75, 3.05) is 6.61 Å². The van der Waals surface area contributed by atoms with Gasteiger partial charge in [0, 0.05) is 15.3 Å². The van der Waals surface area contributed by atoms with Gasteiger partial charge in [-0.25, -0.2) is 0 Å². The average Bonchev–Trinajstić information content (AvgIpc) is 2.07. The Balaban J connectivity index is 2.56.